The van der Waals surface area contributed by atoms with Crippen LogP contribution in [0.15, 0.2) is 24.3 Å². The fraction of sp³-hybridized carbons (Fsp3) is 0.250. The molecule has 126 valence electrons. The summed E-state index contributed by atoms with van der Waals surface area (Å²) in [6, 6.07) is 6.91. The van der Waals surface area contributed by atoms with Gasteiger partial charge in [0.1, 0.15) is 17.4 Å². The average molecular weight is 337 g/mol. The molecule has 5 nitrogen and oxygen atoms in total. The average Bonchev–Trinajstić information content (AvgIpc) is 2.73. The van der Waals surface area contributed by atoms with Gasteiger partial charge in [-0.15, -0.1) is 13.2 Å². The van der Waals surface area contributed by atoms with Crippen molar-refractivity contribution in [3.63, 3.8) is 0 Å². The maximum atomic E-state index is 12.4. The van der Waals surface area contributed by atoms with Crippen LogP contribution in [0.3, 0.4) is 0 Å². The van der Waals surface area contributed by atoms with Crippen molar-refractivity contribution in [3.05, 3.63) is 46.8 Å². The molecule has 0 saturated heterocycles. The minimum atomic E-state index is -4.93. The normalized spacial score (nSPS) is 11.0. The van der Waals surface area contributed by atoms with Crippen molar-refractivity contribution in [2.45, 2.75) is 20.2 Å². The number of nitriles is 1. The summed E-state index contributed by atoms with van der Waals surface area (Å²) in [6.07, 6.45) is -4.93. The smallest absolute Gasteiger partial charge is 0.404 e. The summed E-state index contributed by atoms with van der Waals surface area (Å²) in [4.78, 5) is 12.4. The first-order chi connectivity index (χ1) is 11.1. The zero-order chi connectivity index (χ0) is 18.1. The molecular weight excluding hydrogens is 323 g/mol. The molecule has 0 aliphatic heterocycles. The fourth-order valence-corrected chi connectivity index (χ4v) is 2.24. The number of aryl methyl sites for hydroxylation is 1. The van der Waals surface area contributed by atoms with Gasteiger partial charge >= 0.3 is 6.36 Å². The van der Waals surface area contributed by atoms with E-state index in [9.17, 15) is 18.0 Å². The van der Waals surface area contributed by atoms with Crippen LogP contribution in [0, 0.1) is 25.2 Å². The first-order valence-electron chi connectivity index (χ1n) is 6.87. The van der Waals surface area contributed by atoms with Crippen LogP contribution in [0.25, 0.3) is 0 Å². The van der Waals surface area contributed by atoms with Gasteiger partial charge in [-0.3, -0.25) is 4.79 Å². The molecule has 0 aliphatic carbocycles. The highest BCUT2D eigenvalue weighted by Gasteiger charge is 2.32. The molecule has 1 amide bonds. The number of alkyl halides is 3. The lowest BCUT2D eigenvalue weighted by molar-refractivity contribution is -0.274. The number of amides is 1. The summed E-state index contributed by atoms with van der Waals surface area (Å²) < 4.78 is 42.8. The molecule has 0 spiro atoms. The number of hydrogen-bond acceptors (Lipinski definition) is 3. The molecule has 0 fully saturated rings. The third-order valence-electron chi connectivity index (χ3n) is 3.63. The second-order valence-corrected chi connectivity index (χ2v) is 5.14. The third kappa shape index (κ3) is 3.51. The number of hydrogen-bond donors (Lipinski definition) is 1. The van der Waals surface area contributed by atoms with Crippen LogP contribution in [-0.2, 0) is 7.05 Å². The van der Waals surface area contributed by atoms with E-state index < -0.39 is 23.6 Å². The van der Waals surface area contributed by atoms with E-state index in [0.717, 1.165) is 11.8 Å². The molecule has 1 aromatic carbocycles. The fourth-order valence-electron chi connectivity index (χ4n) is 2.24. The minimum absolute atomic E-state index is 0.0508. The Labute approximate surface area is 136 Å². The minimum Gasteiger partial charge on any atom is -0.404 e. The third-order valence-corrected chi connectivity index (χ3v) is 3.63. The van der Waals surface area contributed by atoms with E-state index in [1.807, 2.05) is 11.5 Å². The molecule has 1 N–H and O–H groups in total. The SMILES string of the molecule is Cc1cc(C(=O)Nc2cccc(OC(F)(F)F)c2C#N)c(C)n1C. The molecule has 0 saturated carbocycles. The Morgan fingerprint density at radius 1 is 1.33 bits per heavy atom. The van der Waals surface area contributed by atoms with Gasteiger partial charge < -0.3 is 14.6 Å². The van der Waals surface area contributed by atoms with Crippen LogP contribution < -0.4 is 10.1 Å². The van der Waals surface area contributed by atoms with Crippen molar-refractivity contribution >= 4 is 11.6 Å². The summed E-state index contributed by atoms with van der Waals surface area (Å²) in [5.74, 6) is -1.18. The number of anilines is 1. The van der Waals surface area contributed by atoms with Gasteiger partial charge in [-0.25, -0.2) is 0 Å². The van der Waals surface area contributed by atoms with Crippen molar-refractivity contribution < 1.29 is 22.7 Å². The molecule has 0 bridgehead atoms. The molecule has 2 aromatic rings. The van der Waals surface area contributed by atoms with Crippen molar-refractivity contribution in [1.29, 1.82) is 5.26 Å². The highest BCUT2D eigenvalue weighted by atomic mass is 19.4. The second kappa shape index (κ2) is 6.28. The quantitative estimate of drug-likeness (QED) is 0.929. The van der Waals surface area contributed by atoms with Crippen molar-refractivity contribution in [2.24, 2.45) is 7.05 Å². The highest BCUT2D eigenvalue weighted by Crippen LogP contribution is 2.31. The summed E-state index contributed by atoms with van der Waals surface area (Å²) in [6.45, 7) is 3.57. The molecular formula is C16H14F3N3O2. The Morgan fingerprint density at radius 2 is 2.00 bits per heavy atom. The van der Waals surface area contributed by atoms with Crippen molar-refractivity contribution in [2.75, 3.05) is 5.32 Å². The number of carbonyl (C=O) groups is 1. The van der Waals surface area contributed by atoms with Crippen LogP contribution in [0.5, 0.6) is 5.75 Å². The maximum Gasteiger partial charge on any atom is 0.573 e. The summed E-state index contributed by atoms with van der Waals surface area (Å²) in [5, 5.41) is 11.6. The predicted molar refractivity (Wildman–Crippen MR) is 80.7 cm³/mol. The first kappa shape index (κ1) is 17.4. The van der Waals surface area contributed by atoms with Gasteiger partial charge in [-0.05, 0) is 32.0 Å². The van der Waals surface area contributed by atoms with Gasteiger partial charge in [0.25, 0.3) is 5.91 Å². The monoisotopic (exact) mass is 337 g/mol. The molecule has 0 aliphatic rings. The number of carbonyl (C=O) groups excluding carboxylic acids is 1. The van der Waals surface area contributed by atoms with Gasteiger partial charge in [0.2, 0.25) is 0 Å². The van der Waals surface area contributed by atoms with Crippen LogP contribution in [0.1, 0.15) is 27.3 Å². The van der Waals surface area contributed by atoms with Gasteiger partial charge in [-0.1, -0.05) is 6.07 Å². The van der Waals surface area contributed by atoms with Crippen LogP contribution in [0.4, 0.5) is 18.9 Å². The predicted octanol–water partition coefficient (Wildman–Crippen LogP) is 3.66. The van der Waals surface area contributed by atoms with Crippen LogP contribution in [-0.4, -0.2) is 16.8 Å². The molecule has 2 rings (SSSR count). The van der Waals surface area contributed by atoms with Crippen molar-refractivity contribution in [1.82, 2.24) is 4.57 Å². The lowest BCUT2D eigenvalue weighted by Crippen LogP contribution is -2.19. The molecule has 8 heteroatoms. The van der Waals surface area contributed by atoms with Gasteiger partial charge in [0.15, 0.2) is 0 Å². The lowest BCUT2D eigenvalue weighted by atomic mass is 10.1. The van der Waals surface area contributed by atoms with E-state index in [4.69, 9.17) is 5.26 Å². The first-order valence-corrected chi connectivity index (χ1v) is 6.87. The molecule has 0 radical (unpaired) electrons. The van der Waals surface area contributed by atoms with Gasteiger partial charge in [-0.2, -0.15) is 5.26 Å². The van der Waals surface area contributed by atoms with Crippen molar-refractivity contribution in [3.8, 4) is 11.8 Å². The zero-order valence-corrected chi connectivity index (χ0v) is 13.2. The number of ether oxygens (including phenoxy) is 1. The van der Waals surface area contributed by atoms with E-state index in [1.165, 1.54) is 12.1 Å². The number of nitrogens with zero attached hydrogens (tertiary/aromatic N) is 2. The Bertz CT molecular complexity index is 832. The number of halogens is 3. The second-order valence-electron chi connectivity index (χ2n) is 5.14. The Kier molecular flexibility index (Phi) is 4.55. The highest BCUT2D eigenvalue weighted by molar-refractivity contribution is 6.06. The molecule has 0 unspecified atom stereocenters. The van der Waals surface area contributed by atoms with Gasteiger partial charge in [0, 0.05) is 18.4 Å². The van der Waals surface area contributed by atoms with E-state index >= 15 is 0 Å². The maximum absolute atomic E-state index is 12.4. The van der Waals surface area contributed by atoms with E-state index in [2.05, 4.69) is 10.1 Å². The number of benzene rings is 1. The largest absolute Gasteiger partial charge is 0.573 e. The number of nitrogens with one attached hydrogen (secondary N) is 1. The molecule has 0 atom stereocenters. The molecule has 1 aromatic heterocycles. The van der Waals surface area contributed by atoms with E-state index in [1.54, 1.807) is 26.1 Å². The van der Waals surface area contributed by atoms with E-state index in [-0.39, 0.29) is 5.69 Å². The standard InChI is InChI=1S/C16H14F3N3O2/c1-9-7-11(10(2)22(9)3)15(23)21-13-5-4-6-14(12(13)8-20)24-16(17,18)19/h4-7H,1-3H3,(H,21,23). The lowest BCUT2D eigenvalue weighted by Gasteiger charge is -2.13. The molecule has 1 heterocycles. The molecule has 24 heavy (non-hydrogen) atoms. The summed E-state index contributed by atoms with van der Waals surface area (Å²) in [5.41, 5.74) is 1.48. The number of aromatic nitrogens is 1. The topological polar surface area (TPSA) is 67.0 Å². The Morgan fingerprint density at radius 3 is 2.50 bits per heavy atom. The zero-order valence-electron chi connectivity index (χ0n) is 13.2. The van der Waals surface area contributed by atoms with Crippen LogP contribution >= 0.6 is 0 Å². The van der Waals surface area contributed by atoms with Gasteiger partial charge in [0.05, 0.1) is 11.3 Å². The number of rotatable bonds is 3. The Hall–Kier alpha value is -2.95. The van der Waals surface area contributed by atoms with Crippen LogP contribution in [0.2, 0.25) is 0 Å². The summed E-state index contributed by atoms with van der Waals surface area (Å²) in [7, 11) is 1.79. The Balaban J connectivity index is 2.36. The summed E-state index contributed by atoms with van der Waals surface area (Å²) >= 11 is 0. The van der Waals surface area contributed by atoms with E-state index in [0.29, 0.717) is 11.3 Å².